The van der Waals surface area contributed by atoms with E-state index in [1.807, 2.05) is 18.2 Å². The number of pyridine rings is 1. The second-order valence-corrected chi connectivity index (χ2v) is 6.55. The van der Waals surface area contributed by atoms with Gasteiger partial charge in [-0.1, -0.05) is 51.1 Å². The minimum absolute atomic E-state index is 0.187. The van der Waals surface area contributed by atoms with E-state index in [1.165, 1.54) is 11.1 Å². The van der Waals surface area contributed by atoms with Crippen LogP contribution in [0.5, 0.6) is 0 Å². The fourth-order valence-electron chi connectivity index (χ4n) is 2.21. The Bertz CT molecular complexity index is 625. The van der Waals surface area contributed by atoms with E-state index in [-0.39, 0.29) is 5.41 Å². The average Bonchev–Trinajstić information content (AvgIpc) is 2.55. The summed E-state index contributed by atoms with van der Waals surface area (Å²) >= 11 is 0. The lowest BCUT2D eigenvalue weighted by Gasteiger charge is -2.19. The molecule has 0 bridgehead atoms. The van der Waals surface area contributed by atoms with Gasteiger partial charge in [-0.15, -0.1) is 0 Å². The smallest absolute Gasteiger partial charge is 0.191 e. The van der Waals surface area contributed by atoms with Crippen molar-refractivity contribution in [3.63, 3.8) is 0 Å². The van der Waals surface area contributed by atoms with Gasteiger partial charge in [0.25, 0.3) is 0 Å². The molecule has 23 heavy (non-hydrogen) atoms. The quantitative estimate of drug-likeness (QED) is 0.673. The highest BCUT2D eigenvalue weighted by atomic mass is 15.2. The van der Waals surface area contributed by atoms with Gasteiger partial charge in [0.1, 0.15) is 0 Å². The van der Waals surface area contributed by atoms with Gasteiger partial charge in [0.2, 0.25) is 0 Å². The van der Waals surface area contributed by atoms with E-state index in [9.17, 15) is 0 Å². The highest BCUT2D eigenvalue weighted by Crippen LogP contribution is 2.22. The molecular weight excluding hydrogens is 284 g/mol. The SMILES string of the molecule is CN=C(NCc1ccc(C(C)(C)C)cc1)NCc1ccccn1. The van der Waals surface area contributed by atoms with Gasteiger partial charge < -0.3 is 10.6 Å². The zero-order chi connectivity index (χ0) is 16.7. The van der Waals surface area contributed by atoms with Crippen molar-refractivity contribution in [1.29, 1.82) is 0 Å². The summed E-state index contributed by atoms with van der Waals surface area (Å²) in [6.45, 7) is 8.08. The summed E-state index contributed by atoms with van der Waals surface area (Å²) in [6, 6.07) is 14.6. The molecule has 0 spiro atoms. The average molecular weight is 310 g/mol. The molecule has 0 unspecified atom stereocenters. The van der Waals surface area contributed by atoms with Crippen LogP contribution >= 0.6 is 0 Å². The van der Waals surface area contributed by atoms with Gasteiger partial charge >= 0.3 is 0 Å². The first-order valence-corrected chi connectivity index (χ1v) is 7.93. The molecule has 0 aliphatic heterocycles. The Kier molecular flexibility index (Phi) is 5.74. The standard InChI is InChI=1S/C19H26N4/c1-19(2,3)16-10-8-15(9-11-16)13-22-18(20-4)23-14-17-7-5-6-12-21-17/h5-12H,13-14H2,1-4H3,(H2,20,22,23). The third-order valence-corrected chi connectivity index (χ3v) is 3.67. The van der Waals surface area contributed by atoms with Crippen molar-refractivity contribution in [3.05, 3.63) is 65.5 Å². The molecule has 1 heterocycles. The zero-order valence-corrected chi connectivity index (χ0v) is 14.4. The van der Waals surface area contributed by atoms with Crippen LogP contribution in [0.4, 0.5) is 0 Å². The van der Waals surface area contributed by atoms with Crippen molar-refractivity contribution in [3.8, 4) is 0 Å². The van der Waals surface area contributed by atoms with Gasteiger partial charge in [-0.3, -0.25) is 9.98 Å². The lowest BCUT2D eigenvalue weighted by atomic mass is 9.87. The first kappa shape index (κ1) is 17.0. The summed E-state index contributed by atoms with van der Waals surface area (Å²) in [4.78, 5) is 8.53. The molecule has 0 saturated carbocycles. The summed E-state index contributed by atoms with van der Waals surface area (Å²) in [7, 11) is 1.77. The molecule has 0 amide bonds. The fourth-order valence-corrected chi connectivity index (χ4v) is 2.21. The minimum atomic E-state index is 0.187. The van der Waals surface area contributed by atoms with Gasteiger partial charge in [-0.05, 0) is 28.7 Å². The second kappa shape index (κ2) is 7.77. The first-order valence-electron chi connectivity index (χ1n) is 7.93. The van der Waals surface area contributed by atoms with Gasteiger partial charge in [0.05, 0.1) is 12.2 Å². The Morgan fingerprint density at radius 3 is 2.26 bits per heavy atom. The van der Waals surface area contributed by atoms with Crippen molar-refractivity contribution in [2.24, 2.45) is 4.99 Å². The van der Waals surface area contributed by atoms with Crippen LogP contribution in [0.2, 0.25) is 0 Å². The molecule has 1 aromatic heterocycles. The molecule has 0 fully saturated rings. The molecule has 0 radical (unpaired) electrons. The van der Waals surface area contributed by atoms with Crippen LogP contribution in [0.25, 0.3) is 0 Å². The monoisotopic (exact) mass is 310 g/mol. The van der Waals surface area contributed by atoms with Crippen LogP contribution in [0, 0.1) is 0 Å². The molecule has 2 rings (SSSR count). The van der Waals surface area contributed by atoms with E-state index in [1.54, 1.807) is 13.2 Å². The number of nitrogens with one attached hydrogen (secondary N) is 2. The molecule has 4 heteroatoms. The number of aromatic nitrogens is 1. The molecule has 2 N–H and O–H groups in total. The van der Waals surface area contributed by atoms with Crippen molar-refractivity contribution >= 4 is 5.96 Å². The molecule has 1 aromatic carbocycles. The summed E-state index contributed by atoms with van der Waals surface area (Å²) in [5.41, 5.74) is 3.76. The maximum atomic E-state index is 4.29. The molecule has 0 atom stereocenters. The van der Waals surface area contributed by atoms with Crippen LogP contribution in [-0.2, 0) is 18.5 Å². The van der Waals surface area contributed by atoms with E-state index >= 15 is 0 Å². The number of rotatable bonds is 4. The van der Waals surface area contributed by atoms with Crippen LogP contribution in [0.15, 0.2) is 53.7 Å². The predicted octanol–water partition coefficient (Wildman–Crippen LogP) is 3.24. The third-order valence-electron chi connectivity index (χ3n) is 3.67. The maximum absolute atomic E-state index is 4.29. The van der Waals surface area contributed by atoms with E-state index in [4.69, 9.17) is 0 Å². The highest BCUT2D eigenvalue weighted by molar-refractivity contribution is 5.79. The normalized spacial score (nSPS) is 12.1. The predicted molar refractivity (Wildman–Crippen MR) is 96.4 cm³/mol. The Labute approximate surface area is 139 Å². The third kappa shape index (κ3) is 5.40. The lowest BCUT2D eigenvalue weighted by molar-refractivity contribution is 0.590. The van der Waals surface area contributed by atoms with Gasteiger partial charge in [0.15, 0.2) is 5.96 Å². The van der Waals surface area contributed by atoms with Gasteiger partial charge in [0, 0.05) is 19.8 Å². The van der Waals surface area contributed by atoms with E-state index in [0.29, 0.717) is 6.54 Å². The topological polar surface area (TPSA) is 49.3 Å². The lowest BCUT2D eigenvalue weighted by Crippen LogP contribution is -2.36. The van der Waals surface area contributed by atoms with Crippen molar-refractivity contribution < 1.29 is 0 Å². The molecule has 0 saturated heterocycles. The van der Waals surface area contributed by atoms with Gasteiger partial charge in [-0.25, -0.2) is 0 Å². The van der Waals surface area contributed by atoms with Gasteiger partial charge in [-0.2, -0.15) is 0 Å². The Morgan fingerprint density at radius 2 is 1.70 bits per heavy atom. The van der Waals surface area contributed by atoms with Crippen LogP contribution in [0.1, 0.15) is 37.6 Å². The number of guanidine groups is 1. The van der Waals surface area contributed by atoms with Crippen molar-refractivity contribution in [2.45, 2.75) is 39.3 Å². The van der Waals surface area contributed by atoms with Crippen molar-refractivity contribution in [2.75, 3.05) is 7.05 Å². The molecule has 0 aliphatic rings. The number of hydrogen-bond acceptors (Lipinski definition) is 2. The summed E-state index contributed by atoms with van der Waals surface area (Å²) in [5, 5.41) is 6.59. The molecule has 0 aliphatic carbocycles. The maximum Gasteiger partial charge on any atom is 0.191 e. The summed E-state index contributed by atoms with van der Waals surface area (Å²) < 4.78 is 0. The Balaban J connectivity index is 1.86. The molecule has 4 nitrogen and oxygen atoms in total. The van der Waals surface area contributed by atoms with E-state index in [2.05, 4.69) is 65.6 Å². The van der Waals surface area contributed by atoms with Crippen LogP contribution in [0.3, 0.4) is 0 Å². The largest absolute Gasteiger partial charge is 0.352 e. The van der Waals surface area contributed by atoms with Crippen LogP contribution in [-0.4, -0.2) is 18.0 Å². The molecule has 2 aromatic rings. The van der Waals surface area contributed by atoms with Crippen LogP contribution < -0.4 is 10.6 Å². The zero-order valence-electron chi connectivity index (χ0n) is 14.4. The first-order chi connectivity index (χ1) is 11.0. The second-order valence-electron chi connectivity index (χ2n) is 6.55. The Hall–Kier alpha value is -2.36. The summed E-state index contributed by atoms with van der Waals surface area (Å²) in [6.07, 6.45) is 1.80. The molecular formula is C19H26N4. The highest BCUT2D eigenvalue weighted by Gasteiger charge is 2.12. The Morgan fingerprint density at radius 1 is 1.00 bits per heavy atom. The number of hydrogen-bond donors (Lipinski definition) is 2. The number of aliphatic imine (C=N–C) groups is 1. The number of benzene rings is 1. The number of nitrogens with zero attached hydrogens (tertiary/aromatic N) is 2. The van der Waals surface area contributed by atoms with E-state index < -0.39 is 0 Å². The molecule has 122 valence electrons. The minimum Gasteiger partial charge on any atom is -0.352 e. The fraction of sp³-hybridized carbons (Fsp3) is 0.368. The van der Waals surface area contributed by atoms with E-state index in [0.717, 1.165) is 18.2 Å². The summed E-state index contributed by atoms with van der Waals surface area (Å²) in [5.74, 6) is 0.774. The van der Waals surface area contributed by atoms with Crippen molar-refractivity contribution in [1.82, 2.24) is 15.6 Å².